The van der Waals surface area contributed by atoms with E-state index < -0.39 is 0 Å². The summed E-state index contributed by atoms with van der Waals surface area (Å²) in [5.41, 5.74) is 3.92. The van der Waals surface area contributed by atoms with Crippen LogP contribution in [0.4, 0.5) is 27.5 Å². The summed E-state index contributed by atoms with van der Waals surface area (Å²) in [7, 11) is 1.70. The Labute approximate surface area is 217 Å². The van der Waals surface area contributed by atoms with Gasteiger partial charge in [0.2, 0.25) is 0 Å². The summed E-state index contributed by atoms with van der Waals surface area (Å²) in [6.45, 7) is 4.73. The molecule has 2 aliphatic rings. The van der Waals surface area contributed by atoms with Crippen LogP contribution >= 0.6 is 0 Å². The highest BCUT2D eigenvalue weighted by Gasteiger charge is 2.27. The molecule has 192 valence electrons. The summed E-state index contributed by atoms with van der Waals surface area (Å²) in [5.74, 6) is 0.886. The van der Waals surface area contributed by atoms with E-state index in [0.29, 0.717) is 16.9 Å². The third-order valence-electron chi connectivity index (χ3n) is 6.96. The Morgan fingerprint density at radius 2 is 1.32 bits per heavy atom. The lowest BCUT2D eigenvalue weighted by molar-refractivity contribution is 0.0793. The molecule has 0 aromatic heterocycles. The standard InChI is InChI=1S/C29H33N5O3/c1-37-27-12-6-5-11-26(27)33-19-17-32(18-20-33)25-14-13-23(21-24(25)28(35)34-15-7-8-16-34)31-29(36)30-22-9-3-2-4-10-22/h2-6,9-14,21H,7-8,15-20H2,1H3,(H2,30,31,36). The summed E-state index contributed by atoms with van der Waals surface area (Å²) in [6, 6.07) is 22.6. The van der Waals surface area contributed by atoms with E-state index in [1.807, 2.05) is 71.6 Å². The van der Waals surface area contributed by atoms with Crippen LogP contribution in [0.5, 0.6) is 5.75 Å². The summed E-state index contributed by atoms with van der Waals surface area (Å²) < 4.78 is 5.55. The molecule has 3 aromatic carbocycles. The predicted molar refractivity (Wildman–Crippen MR) is 148 cm³/mol. The van der Waals surface area contributed by atoms with Gasteiger partial charge in [0.1, 0.15) is 5.75 Å². The van der Waals surface area contributed by atoms with Crippen LogP contribution in [0.15, 0.2) is 72.8 Å². The van der Waals surface area contributed by atoms with E-state index in [-0.39, 0.29) is 11.9 Å². The molecule has 2 aliphatic heterocycles. The fourth-order valence-corrected chi connectivity index (χ4v) is 5.05. The number of hydrogen-bond donors (Lipinski definition) is 2. The zero-order valence-electron chi connectivity index (χ0n) is 21.2. The van der Waals surface area contributed by atoms with Gasteiger partial charge in [-0.1, -0.05) is 30.3 Å². The van der Waals surface area contributed by atoms with Crippen molar-refractivity contribution in [3.63, 3.8) is 0 Å². The number of amides is 3. The SMILES string of the molecule is COc1ccccc1N1CCN(c2ccc(NC(=O)Nc3ccccc3)cc2C(=O)N2CCCC2)CC1. The number of carbonyl (C=O) groups excluding carboxylic acids is 2. The molecule has 37 heavy (non-hydrogen) atoms. The molecule has 0 unspecified atom stereocenters. The van der Waals surface area contributed by atoms with Crippen LogP contribution in [0, 0.1) is 0 Å². The maximum absolute atomic E-state index is 13.6. The molecule has 3 amide bonds. The summed E-state index contributed by atoms with van der Waals surface area (Å²) in [5, 5.41) is 5.72. The van der Waals surface area contributed by atoms with Crippen molar-refractivity contribution in [2.24, 2.45) is 0 Å². The first-order chi connectivity index (χ1) is 18.1. The average Bonchev–Trinajstić information content (AvgIpc) is 3.48. The first-order valence-electron chi connectivity index (χ1n) is 12.8. The number of ether oxygens (including phenoxy) is 1. The molecular formula is C29H33N5O3. The van der Waals surface area contributed by atoms with Crippen LogP contribution in [0.2, 0.25) is 0 Å². The van der Waals surface area contributed by atoms with Crippen molar-refractivity contribution in [1.29, 1.82) is 0 Å². The number of nitrogens with zero attached hydrogens (tertiary/aromatic N) is 3. The van der Waals surface area contributed by atoms with Crippen molar-refractivity contribution in [2.45, 2.75) is 12.8 Å². The third kappa shape index (κ3) is 5.63. The second-order valence-electron chi connectivity index (χ2n) is 9.32. The van der Waals surface area contributed by atoms with E-state index >= 15 is 0 Å². The third-order valence-corrected chi connectivity index (χ3v) is 6.96. The van der Waals surface area contributed by atoms with Crippen LogP contribution < -0.4 is 25.2 Å². The van der Waals surface area contributed by atoms with E-state index in [2.05, 4.69) is 26.5 Å². The predicted octanol–water partition coefficient (Wildman–Crippen LogP) is 4.90. The van der Waals surface area contributed by atoms with Crippen LogP contribution in [0.3, 0.4) is 0 Å². The highest BCUT2D eigenvalue weighted by molar-refractivity contribution is 6.04. The maximum Gasteiger partial charge on any atom is 0.323 e. The van der Waals surface area contributed by atoms with Gasteiger partial charge in [0.15, 0.2) is 0 Å². The maximum atomic E-state index is 13.6. The lowest BCUT2D eigenvalue weighted by atomic mass is 10.1. The quantitative estimate of drug-likeness (QED) is 0.504. The van der Waals surface area contributed by atoms with Gasteiger partial charge in [-0.15, -0.1) is 0 Å². The molecule has 0 atom stereocenters. The normalized spacial score (nSPS) is 15.4. The number of likely N-dealkylation sites (tertiary alicyclic amines) is 1. The Balaban J connectivity index is 1.34. The van der Waals surface area contributed by atoms with E-state index in [1.165, 1.54) is 0 Å². The van der Waals surface area contributed by atoms with Gasteiger partial charge in [-0.2, -0.15) is 0 Å². The Morgan fingerprint density at radius 3 is 2.03 bits per heavy atom. The molecule has 2 fully saturated rings. The minimum Gasteiger partial charge on any atom is -0.495 e. The van der Waals surface area contributed by atoms with E-state index in [9.17, 15) is 9.59 Å². The van der Waals surface area contributed by atoms with Crippen molar-refractivity contribution in [2.75, 3.05) is 66.8 Å². The molecule has 8 nitrogen and oxygen atoms in total. The highest BCUT2D eigenvalue weighted by atomic mass is 16.5. The number of para-hydroxylation sites is 3. The van der Waals surface area contributed by atoms with E-state index in [1.54, 1.807) is 7.11 Å². The largest absolute Gasteiger partial charge is 0.495 e. The molecule has 5 rings (SSSR count). The first-order valence-corrected chi connectivity index (χ1v) is 12.8. The van der Waals surface area contributed by atoms with Crippen LogP contribution in [0.25, 0.3) is 0 Å². The number of urea groups is 1. The number of rotatable bonds is 6. The number of benzene rings is 3. The van der Waals surface area contributed by atoms with Gasteiger partial charge in [0.05, 0.1) is 18.4 Å². The lowest BCUT2D eigenvalue weighted by Gasteiger charge is -2.38. The number of nitrogens with one attached hydrogen (secondary N) is 2. The Hall–Kier alpha value is -4.20. The van der Waals surface area contributed by atoms with Crippen LogP contribution in [-0.2, 0) is 0 Å². The average molecular weight is 500 g/mol. The molecule has 2 N–H and O–H groups in total. The smallest absolute Gasteiger partial charge is 0.323 e. The summed E-state index contributed by atoms with van der Waals surface area (Å²) in [6.07, 6.45) is 2.05. The lowest BCUT2D eigenvalue weighted by Crippen LogP contribution is -2.47. The first kappa shape index (κ1) is 24.5. The molecule has 8 heteroatoms. The van der Waals surface area contributed by atoms with Crippen LogP contribution in [0.1, 0.15) is 23.2 Å². The molecule has 2 heterocycles. The number of carbonyl (C=O) groups is 2. The fourth-order valence-electron chi connectivity index (χ4n) is 5.05. The Kier molecular flexibility index (Phi) is 7.44. The molecule has 0 aliphatic carbocycles. The number of anilines is 4. The molecule has 2 saturated heterocycles. The number of piperazine rings is 1. The zero-order valence-corrected chi connectivity index (χ0v) is 21.2. The van der Waals surface area contributed by atoms with Crippen molar-refractivity contribution in [1.82, 2.24) is 4.90 Å². The number of methoxy groups -OCH3 is 1. The van der Waals surface area contributed by atoms with Gasteiger partial charge in [-0.05, 0) is 55.3 Å². The van der Waals surface area contributed by atoms with Crippen molar-refractivity contribution in [3.8, 4) is 5.75 Å². The van der Waals surface area contributed by atoms with Gasteiger partial charge >= 0.3 is 6.03 Å². The van der Waals surface area contributed by atoms with Crippen molar-refractivity contribution < 1.29 is 14.3 Å². The van der Waals surface area contributed by atoms with E-state index in [0.717, 1.165) is 69.2 Å². The van der Waals surface area contributed by atoms with Gasteiger partial charge in [0, 0.05) is 56.3 Å². The fraction of sp³-hybridized carbons (Fsp3) is 0.310. The van der Waals surface area contributed by atoms with Crippen molar-refractivity contribution >= 4 is 34.7 Å². The van der Waals surface area contributed by atoms with E-state index in [4.69, 9.17) is 4.74 Å². The molecule has 3 aromatic rings. The minimum absolute atomic E-state index is 0.0202. The minimum atomic E-state index is -0.344. The number of hydrogen-bond acceptors (Lipinski definition) is 5. The summed E-state index contributed by atoms with van der Waals surface area (Å²) >= 11 is 0. The Bertz CT molecular complexity index is 1240. The van der Waals surface area contributed by atoms with Gasteiger partial charge in [-0.25, -0.2) is 4.79 Å². The molecule has 0 spiro atoms. The second kappa shape index (κ2) is 11.2. The highest BCUT2D eigenvalue weighted by Crippen LogP contribution is 2.32. The van der Waals surface area contributed by atoms with Gasteiger partial charge < -0.3 is 30.1 Å². The molecule has 0 saturated carbocycles. The van der Waals surface area contributed by atoms with Crippen molar-refractivity contribution in [3.05, 3.63) is 78.4 Å². The molecular weight excluding hydrogens is 466 g/mol. The Morgan fingerprint density at radius 1 is 0.703 bits per heavy atom. The molecule has 0 bridgehead atoms. The summed E-state index contributed by atoms with van der Waals surface area (Å²) in [4.78, 5) is 32.6. The van der Waals surface area contributed by atoms with Gasteiger partial charge in [-0.3, -0.25) is 4.79 Å². The zero-order chi connectivity index (χ0) is 25.6. The monoisotopic (exact) mass is 499 g/mol. The topological polar surface area (TPSA) is 77.1 Å². The van der Waals surface area contributed by atoms with Gasteiger partial charge in [0.25, 0.3) is 5.91 Å². The second-order valence-corrected chi connectivity index (χ2v) is 9.32. The molecule has 0 radical (unpaired) electrons. The van der Waals surface area contributed by atoms with Crippen LogP contribution in [-0.4, -0.2) is 63.2 Å².